The van der Waals surface area contributed by atoms with Gasteiger partial charge in [0.1, 0.15) is 23.3 Å². The molecule has 0 N–H and O–H groups in total. The summed E-state index contributed by atoms with van der Waals surface area (Å²) < 4.78 is 58.7. The number of halogens is 4. The molecule has 0 aliphatic carbocycles. The molecule has 0 fully saturated rings. The van der Waals surface area contributed by atoms with E-state index in [1.165, 1.54) is 17.0 Å². The van der Waals surface area contributed by atoms with Crippen molar-refractivity contribution in [1.82, 2.24) is 9.55 Å². The largest absolute Gasteiger partial charge is 0.457 e. The lowest BCUT2D eigenvalue weighted by atomic mass is 10.1. The molecule has 0 saturated carbocycles. The first-order chi connectivity index (χ1) is 14.2. The Labute approximate surface area is 177 Å². The third kappa shape index (κ3) is 3.93. The SMILES string of the molecule is CS(=O)c1ccc(Oc2ccc(Cl)c(-n3cnc4c(C(F)(F)F)cccc43)c2)cc1. The zero-order valence-electron chi connectivity index (χ0n) is 15.5. The molecule has 4 rings (SSSR count). The number of nitrogens with zero attached hydrogens (tertiary/aromatic N) is 2. The van der Waals surface area contributed by atoms with Crippen molar-refractivity contribution in [3.8, 4) is 17.2 Å². The van der Waals surface area contributed by atoms with E-state index in [0.717, 1.165) is 6.07 Å². The summed E-state index contributed by atoms with van der Waals surface area (Å²) in [7, 11) is -1.10. The van der Waals surface area contributed by atoms with Crippen LogP contribution in [0.2, 0.25) is 5.02 Å². The van der Waals surface area contributed by atoms with Gasteiger partial charge in [-0.1, -0.05) is 17.7 Å². The van der Waals surface area contributed by atoms with Crippen LogP contribution in [0.25, 0.3) is 16.7 Å². The van der Waals surface area contributed by atoms with Crippen molar-refractivity contribution in [2.45, 2.75) is 11.1 Å². The van der Waals surface area contributed by atoms with Crippen LogP contribution >= 0.6 is 11.6 Å². The first-order valence-electron chi connectivity index (χ1n) is 8.68. The molecule has 1 heterocycles. The minimum Gasteiger partial charge on any atom is -0.457 e. The van der Waals surface area contributed by atoms with Gasteiger partial charge in [-0.05, 0) is 48.5 Å². The van der Waals surface area contributed by atoms with E-state index >= 15 is 0 Å². The maximum atomic E-state index is 13.3. The fourth-order valence-electron chi connectivity index (χ4n) is 3.04. The predicted molar refractivity (Wildman–Crippen MR) is 110 cm³/mol. The van der Waals surface area contributed by atoms with Crippen molar-refractivity contribution in [1.29, 1.82) is 0 Å². The summed E-state index contributed by atoms with van der Waals surface area (Å²) in [4.78, 5) is 4.63. The van der Waals surface area contributed by atoms with Gasteiger partial charge in [0, 0.05) is 28.0 Å². The Morgan fingerprint density at radius 2 is 1.73 bits per heavy atom. The molecule has 0 bridgehead atoms. The second kappa shape index (κ2) is 7.77. The number of benzene rings is 3. The first kappa shape index (κ1) is 20.4. The van der Waals surface area contributed by atoms with Crippen LogP contribution in [0, 0.1) is 0 Å². The van der Waals surface area contributed by atoms with Gasteiger partial charge in [-0.2, -0.15) is 13.2 Å². The van der Waals surface area contributed by atoms with Gasteiger partial charge in [0.2, 0.25) is 0 Å². The summed E-state index contributed by atoms with van der Waals surface area (Å²) >= 11 is 6.32. The van der Waals surface area contributed by atoms with Crippen LogP contribution in [0.15, 0.2) is 71.9 Å². The average Bonchev–Trinajstić information content (AvgIpc) is 3.13. The number of imidazole rings is 1. The summed E-state index contributed by atoms with van der Waals surface area (Å²) in [6, 6.07) is 15.5. The molecule has 0 spiro atoms. The molecule has 9 heteroatoms. The molecular weight excluding hydrogens is 437 g/mol. The van der Waals surface area contributed by atoms with E-state index in [9.17, 15) is 17.4 Å². The third-order valence-corrected chi connectivity index (χ3v) is 5.71. The van der Waals surface area contributed by atoms with E-state index in [1.54, 1.807) is 54.8 Å². The number of para-hydroxylation sites is 1. The normalized spacial score (nSPS) is 12.8. The maximum absolute atomic E-state index is 13.3. The van der Waals surface area contributed by atoms with Gasteiger partial charge in [0.15, 0.2) is 0 Å². The maximum Gasteiger partial charge on any atom is 0.418 e. The molecule has 0 amide bonds. The number of ether oxygens (including phenoxy) is 1. The lowest BCUT2D eigenvalue weighted by molar-refractivity contribution is -0.136. The van der Waals surface area contributed by atoms with E-state index in [0.29, 0.717) is 27.1 Å². The quantitative estimate of drug-likeness (QED) is 0.370. The summed E-state index contributed by atoms with van der Waals surface area (Å²) in [6.07, 6.45) is -1.63. The van der Waals surface area contributed by atoms with Crippen LogP contribution in [0.1, 0.15) is 5.56 Å². The summed E-state index contributed by atoms with van der Waals surface area (Å²) in [5.74, 6) is 0.959. The van der Waals surface area contributed by atoms with E-state index in [-0.39, 0.29) is 11.0 Å². The topological polar surface area (TPSA) is 44.1 Å². The van der Waals surface area contributed by atoms with Crippen molar-refractivity contribution in [3.63, 3.8) is 0 Å². The van der Waals surface area contributed by atoms with Crippen molar-refractivity contribution in [3.05, 3.63) is 77.6 Å². The van der Waals surface area contributed by atoms with Crippen LogP contribution < -0.4 is 4.74 Å². The number of rotatable bonds is 4. The molecule has 0 aliphatic rings. The van der Waals surface area contributed by atoms with Crippen LogP contribution in [0.3, 0.4) is 0 Å². The van der Waals surface area contributed by atoms with Crippen LogP contribution in [-0.4, -0.2) is 20.0 Å². The number of fused-ring (bicyclic) bond motifs is 1. The second-order valence-corrected chi connectivity index (χ2v) is 8.21. The first-order valence-corrected chi connectivity index (χ1v) is 10.6. The fourth-order valence-corrected chi connectivity index (χ4v) is 3.76. The predicted octanol–water partition coefficient (Wildman–Crippen LogP) is 6.23. The summed E-state index contributed by atoms with van der Waals surface area (Å²) in [6.45, 7) is 0. The lowest BCUT2D eigenvalue weighted by Crippen LogP contribution is -2.05. The Kier molecular flexibility index (Phi) is 5.29. The summed E-state index contributed by atoms with van der Waals surface area (Å²) in [5.41, 5.74) is -0.257. The van der Waals surface area contributed by atoms with Gasteiger partial charge in [-0.25, -0.2) is 4.98 Å². The average molecular weight is 451 g/mol. The zero-order valence-corrected chi connectivity index (χ0v) is 17.1. The molecule has 1 unspecified atom stereocenters. The van der Waals surface area contributed by atoms with E-state index in [2.05, 4.69) is 4.98 Å². The Hall–Kier alpha value is -2.84. The molecule has 1 aromatic heterocycles. The highest BCUT2D eigenvalue weighted by Gasteiger charge is 2.33. The van der Waals surface area contributed by atoms with Crippen LogP contribution in [0.5, 0.6) is 11.5 Å². The number of hydrogen-bond donors (Lipinski definition) is 0. The number of alkyl halides is 3. The van der Waals surface area contributed by atoms with E-state index in [4.69, 9.17) is 16.3 Å². The number of aromatic nitrogens is 2. The molecule has 4 aromatic rings. The molecule has 3 aromatic carbocycles. The smallest absolute Gasteiger partial charge is 0.418 e. The van der Waals surface area contributed by atoms with Gasteiger partial charge < -0.3 is 4.74 Å². The van der Waals surface area contributed by atoms with Gasteiger partial charge in [0.05, 0.1) is 21.8 Å². The lowest BCUT2D eigenvalue weighted by Gasteiger charge is -2.12. The van der Waals surface area contributed by atoms with Gasteiger partial charge in [-0.3, -0.25) is 8.78 Å². The van der Waals surface area contributed by atoms with Crippen molar-refractivity contribution in [2.75, 3.05) is 6.26 Å². The molecular formula is C21H14ClF3N2O2S. The zero-order chi connectivity index (χ0) is 21.5. The summed E-state index contributed by atoms with van der Waals surface area (Å²) in [5, 5.41) is 0.329. The Balaban J connectivity index is 1.73. The minimum atomic E-state index is -4.51. The molecule has 30 heavy (non-hydrogen) atoms. The fraction of sp³-hybridized carbons (Fsp3) is 0.0952. The Bertz CT molecular complexity index is 1250. The van der Waals surface area contributed by atoms with E-state index in [1.807, 2.05) is 0 Å². The van der Waals surface area contributed by atoms with E-state index < -0.39 is 22.5 Å². The van der Waals surface area contributed by atoms with Gasteiger partial charge >= 0.3 is 6.18 Å². The molecule has 4 nitrogen and oxygen atoms in total. The number of hydrogen-bond acceptors (Lipinski definition) is 3. The molecule has 154 valence electrons. The van der Waals surface area contributed by atoms with Crippen molar-refractivity contribution < 1.29 is 22.1 Å². The monoisotopic (exact) mass is 450 g/mol. The molecule has 0 aliphatic heterocycles. The highest BCUT2D eigenvalue weighted by atomic mass is 35.5. The standard InChI is InChI=1S/C21H14ClF3N2O2S/c1-30(28)15-8-5-13(6-9-15)29-14-7-10-17(22)19(11-14)27-12-26-20-16(21(23,24)25)3-2-4-18(20)27/h2-12H,1H3. The Morgan fingerprint density at radius 1 is 1.03 bits per heavy atom. The third-order valence-electron chi connectivity index (χ3n) is 4.45. The van der Waals surface area contributed by atoms with Gasteiger partial charge in [0.25, 0.3) is 0 Å². The van der Waals surface area contributed by atoms with Crippen molar-refractivity contribution >= 4 is 33.4 Å². The minimum absolute atomic E-state index is 0.157. The molecule has 0 saturated heterocycles. The Morgan fingerprint density at radius 3 is 2.40 bits per heavy atom. The van der Waals surface area contributed by atoms with Crippen LogP contribution in [0.4, 0.5) is 13.2 Å². The molecule has 1 atom stereocenters. The highest BCUT2D eigenvalue weighted by molar-refractivity contribution is 7.84. The van der Waals surface area contributed by atoms with Crippen molar-refractivity contribution in [2.24, 2.45) is 0 Å². The molecule has 0 radical (unpaired) electrons. The van der Waals surface area contributed by atoms with Gasteiger partial charge in [-0.15, -0.1) is 0 Å². The highest BCUT2D eigenvalue weighted by Crippen LogP contribution is 2.36. The second-order valence-electron chi connectivity index (χ2n) is 6.43. The van der Waals surface area contributed by atoms with Crippen LogP contribution in [-0.2, 0) is 17.0 Å².